The van der Waals surface area contributed by atoms with Crippen LogP contribution in [0.5, 0.6) is 0 Å². The predicted molar refractivity (Wildman–Crippen MR) is 88.0 cm³/mol. The van der Waals surface area contributed by atoms with Crippen LogP contribution in [0.2, 0.25) is 0 Å². The summed E-state index contributed by atoms with van der Waals surface area (Å²) < 4.78 is 41.7. The topological polar surface area (TPSA) is 68.0 Å². The minimum atomic E-state index is -4.67. The molecule has 1 aromatic heterocycles. The molecule has 1 aliphatic carbocycles. The summed E-state index contributed by atoms with van der Waals surface area (Å²) in [7, 11) is 0. The van der Waals surface area contributed by atoms with Crippen molar-refractivity contribution in [1.82, 2.24) is 15.5 Å². The lowest BCUT2D eigenvalue weighted by atomic mass is 9.89. The number of hydrogen-bond acceptors (Lipinski definition) is 4. The van der Waals surface area contributed by atoms with Gasteiger partial charge in [0, 0.05) is 12.1 Å². The molecule has 1 heterocycles. The molecule has 0 unspecified atom stereocenters. The first-order valence-corrected chi connectivity index (χ1v) is 8.69. The van der Waals surface area contributed by atoms with Gasteiger partial charge in [-0.3, -0.25) is 4.79 Å². The van der Waals surface area contributed by atoms with E-state index in [1.807, 2.05) is 0 Å². The third-order valence-electron chi connectivity index (χ3n) is 4.56. The summed E-state index contributed by atoms with van der Waals surface area (Å²) in [6.07, 6.45) is 1.64. The van der Waals surface area contributed by atoms with Crippen molar-refractivity contribution in [2.24, 2.45) is 5.92 Å². The molecule has 0 bridgehead atoms. The molecular formula is C18H20F3N3O2. The van der Waals surface area contributed by atoms with Gasteiger partial charge in [0.1, 0.15) is 0 Å². The number of rotatable bonds is 5. The molecule has 0 aliphatic heterocycles. The summed E-state index contributed by atoms with van der Waals surface area (Å²) >= 11 is 0. The van der Waals surface area contributed by atoms with E-state index >= 15 is 0 Å². The van der Waals surface area contributed by atoms with Crippen LogP contribution < -0.4 is 5.32 Å². The Labute approximate surface area is 149 Å². The highest BCUT2D eigenvalue weighted by Crippen LogP contribution is 2.29. The van der Waals surface area contributed by atoms with Crippen LogP contribution in [0.4, 0.5) is 13.2 Å². The number of carbonyl (C=O) groups excluding carboxylic acids is 1. The van der Waals surface area contributed by atoms with E-state index in [2.05, 4.69) is 20.0 Å². The molecule has 26 heavy (non-hydrogen) atoms. The van der Waals surface area contributed by atoms with Gasteiger partial charge in [0.05, 0.1) is 6.42 Å². The number of nitrogens with zero attached hydrogens (tertiary/aromatic N) is 2. The predicted octanol–water partition coefficient (Wildman–Crippen LogP) is 3.99. The number of amides is 1. The summed E-state index contributed by atoms with van der Waals surface area (Å²) in [6, 6.07) is 6.52. The van der Waals surface area contributed by atoms with Crippen molar-refractivity contribution in [1.29, 1.82) is 0 Å². The SMILES string of the molecule is O=C(Cc1ccc(-c2noc(C(F)(F)F)n2)cc1)NCC1CCCCC1. The lowest BCUT2D eigenvalue weighted by molar-refractivity contribution is -0.159. The van der Waals surface area contributed by atoms with Crippen molar-refractivity contribution in [3.63, 3.8) is 0 Å². The first kappa shape index (κ1) is 18.4. The van der Waals surface area contributed by atoms with Gasteiger partial charge in [0.15, 0.2) is 0 Å². The summed E-state index contributed by atoms with van der Waals surface area (Å²) in [4.78, 5) is 15.4. The van der Waals surface area contributed by atoms with Crippen molar-refractivity contribution in [2.75, 3.05) is 6.54 Å². The number of halogens is 3. The maximum atomic E-state index is 12.5. The standard InChI is InChI=1S/C18H20F3N3O2/c19-18(20,21)17-23-16(24-26-17)14-8-6-12(7-9-14)10-15(25)22-11-13-4-2-1-3-5-13/h6-9,13H,1-5,10-11H2,(H,22,25). The van der Waals surface area contributed by atoms with Crippen LogP contribution in [0, 0.1) is 5.92 Å². The Kier molecular flexibility index (Phi) is 5.58. The number of alkyl halides is 3. The average molecular weight is 367 g/mol. The maximum Gasteiger partial charge on any atom is 0.471 e. The van der Waals surface area contributed by atoms with Gasteiger partial charge in [-0.15, -0.1) is 0 Å². The number of hydrogen-bond donors (Lipinski definition) is 1. The Morgan fingerprint density at radius 2 is 1.85 bits per heavy atom. The second kappa shape index (κ2) is 7.88. The first-order chi connectivity index (χ1) is 12.4. The smallest absolute Gasteiger partial charge is 0.356 e. The molecule has 1 amide bonds. The van der Waals surface area contributed by atoms with Gasteiger partial charge in [-0.25, -0.2) is 0 Å². The van der Waals surface area contributed by atoms with E-state index in [-0.39, 0.29) is 18.2 Å². The minimum absolute atomic E-state index is 0.0535. The van der Waals surface area contributed by atoms with Gasteiger partial charge in [0.25, 0.3) is 0 Å². The van der Waals surface area contributed by atoms with E-state index in [1.165, 1.54) is 32.1 Å². The van der Waals surface area contributed by atoms with E-state index in [0.29, 0.717) is 18.0 Å². The Balaban J connectivity index is 1.54. The minimum Gasteiger partial charge on any atom is -0.356 e. The summed E-state index contributed by atoms with van der Waals surface area (Å²) in [6.45, 7) is 0.708. The molecule has 1 aromatic carbocycles. The average Bonchev–Trinajstić information content (AvgIpc) is 3.12. The molecule has 1 fully saturated rings. The van der Waals surface area contributed by atoms with Crippen LogP contribution in [0.15, 0.2) is 28.8 Å². The van der Waals surface area contributed by atoms with Crippen LogP contribution in [0.25, 0.3) is 11.4 Å². The largest absolute Gasteiger partial charge is 0.471 e. The second-order valence-corrected chi connectivity index (χ2v) is 6.60. The zero-order valence-electron chi connectivity index (χ0n) is 14.2. The quantitative estimate of drug-likeness (QED) is 0.868. The van der Waals surface area contributed by atoms with Crippen LogP contribution in [-0.4, -0.2) is 22.6 Å². The molecule has 8 heteroatoms. The molecule has 5 nitrogen and oxygen atoms in total. The molecular weight excluding hydrogens is 347 g/mol. The monoisotopic (exact) mass is 367 g/mol. The Morgan fingerprint density at radius 3 is 2.46 bits per heavy atom. The van der Waals surface area contributed by atoms with E-state index in [9.17, 15) is 18.0 Å². The summed E-state index contributed by atoms with van der Waals surface area (Å²) in [5.41, 5.74) is 1.17. The number of nitrogens with one attached hydrogen (secondary N) is 1. The lowest BCUT2D eigenvalue weighted by Gasteiger charge is -2.21. The van der Waals surface area contributed by atoms with E-state index in [0.717, 1.165) is 5.56 Å². The van der Waals surface area contributed by atoms with Crippen molar-refractivity contribution in [3.8, 4) is 11.4 Å². The zero-order valence-corrected chi connectivity index (χ0v) is 14.2. The summed E-state index contributed by atoms with van der Waals surface area (Å²) in [5.74, 6) is -0.998. The molecule has 3 rings (SSSR count). The number of benzene rings is 1. The number of carbonyl (C=O) groups is 1. The van der Waals surface area contributed by atoms with Crippen molar-refractivity contribution in [2.45, 2.75) is 44.7 Å². The van der Waals surface area contributed by atoms with Gasteiger partial charge in [0.2, 0.25) is 11.7 Å². The Hall–Kier alpha value is -2.38. The molecule has 0 atom stereocenters. The normalized spacial score (nSPS) is 15.8. The third kappa shape index (κ3) is 4.83. The highest BCUT2D eigenvalue weighted by Gasteiger charge is 2.38. The number of aromatic nitrogens is 2. The van der Waals surface area contributed by atoms with Gasteiger partial charge in [-0.2, -0.15) is 18.2 Å². The van der Waals surface area contributed by atoms with E-state index in [4.69, 9.17) is 0 Å². The first-order valence-electron chi connectivity index (χ1n) is 8.69. The Bertz CT molecular complexity index is 735. The highest BCUT2D eigenvalue weighted by molar-refractivity contribution is 5.78. The van der Waals surface area contributed by atoms with Crippen LogP contribution in [-0.2, 0) is 17.4 Å². The lowest BCUT2D eigenvalue weighted by Crippen LogP contribution is -2.31. The van der Waals surface area contributed by atoms with Crippen LogP contribution >= 0.6 is 0 Å². The summed E-state index contributed by atoms with van der Waals surface area (Å²) in [5, 5.41) is 6.30. The molecule has 0 radical (unpaired) electrons. The molecule has 140 valence electrons. The van der Waals surface area contributed by atoms with Crippen LogP contribution in [0.3, 0.4) is 0 Å². The maximum absolute atomic E-state index is 12.5. The fraction of sp³-hybridized carbons (Fsp3) is 0.500. The van der Waals surface area contributed by atoms with Crippen molar-refractivity contribution < 1.29 is 22.5 Å². The third-order valence-corrected chi connectivity index (χ3v) is 4.56. The van der Waals surface area contributed by atoms with Crippen LogP contribution in [0.1, 0.15) is 43.6 Å². The van der Waals surface area contributed by atoms with Gasteiger partial charge in [-0.1, -0.05) is 48.7 Å². The highest BCUT2D eigenvalue weighted by atomic mass is 19.4. The Morgan fingerprint density at radius 1 is 1.15 bits per heavy atom. The van der Waals surface area contributed by atoms with Gasteiger partial charge >= 0.3 is 12.1 Å². The molecule has 0 spiro atoms. The zero-order chi connectivity index (χ0) is 18.6. The second-order valence-electron chi connectivity index (χ2n) is 6.60. The molecule has 0 saturated heterocycles. The molecule has 1 N–H and O–H groups in total. The molecule has 1 saturated carbocycles. The van der Waals surface area contributed by atoms with Crippen molar-refractivity contribution >= 4 is 5.91 Å². The van der Waals surface area contributed by atoms with E-state index in [1.54, 1.807) is 24.3 Å². The van der Waals surface area contributed by atoms with E-state index < -0.39 is 12.1 Å². The van der Waals surface area contributed by atoms with Gasteiger partial charge in [-0.05, 0) is 24.3 Å². The molecule has 1 aliphatic rings. The van der Waals surface area contributed by atoms with Gasteiger partial charge < -0.3 is 9.84 Å². The fourth-order valence-electron chi connectivity index (χ4n) is 3.12. The van der Waals surface area contributed by atoms with Crippen molar-refractivity contribution in [3.05, 3.63) is 35.7 Å². The fourth-order valence-corrected chi connectivity index (χ4v) is 3.12. The molecule has 2 aromatic rings.